The SMILES string of the molecule is O=C(/C=C/c1cc2occc2cc1O)[C@@H]1C[C@](O)(C(=O)O)C[C@@H](O)[C@H]1O. The van der Waals surface area contributed by atoms with Crippen molar-refractivity contribution in [2.45, 2.75) is 30.7 Å². The van der Waals surface area contributed by atoms with E-state index in [9.17, 15) is 30.0 Å². The Morgan fingerprint density at radius 1 is 1.23 bits per heavy atom. The lowest BCUT2D eigenvalue weighted by Crippen LogP contribution is -2.55. The van der Waals surface area contributed by atoms with Crippen LogP contribution in [0.2, 0.25) is 0 Å². The van der Waals surface area contributed by atoms with E-state index >= 15 is 0 Å². The van der Waals surface area contributed by atoms with E-state index in [1.54, 1.807) is 6.07 Å². The average Bonchev–Trinajstić information content (AvgIpc) is 3.02. The van der Waals surface area contributed by atoms with Gasteiger partial charge in [0.05, 0.1) is 24.4 Å². The Bertz CT molecular complexity index is 882. The number of hydrogen-bond donors (Lipinski definition) is 5. The van der Waals surface area contributed by atoms with Crippen LogP contribution in [0, 0.1) is 5.92 Å². The van der Waals surface area contributed by atoms with Crippen LogP contribution in [0.25, 0.3) is 17.0 Å². The molecule has 1 aromatic heterocycles. The highest BCUT2D eigenvalue weighted by Crippen LogP contribution is 2.34. The van der Waals surface area contributed by atoms with Crippen LogP contribution in [0.15, 0.2) is 35.0 Å². The average molecular weight is 362 g/mol. The minimum Gasteiger partial charge on any atom is -0.507 e. The number of allylic oxidation sites excluding steroid dienone is 1. The maximum absolute atomic E-state index is 12.4. The lowest BCUT2D eigenvalue weighted by Gasteiger charge is -2.38. The van der Waals surface area contributed by atoms with Gasteiger partial charge in [0.25, 0.3) is 0 Å². The highest BCUT2D eigenvalue weighted by molar-refractivity contribution is 5.97. The summed E-state index contributed by atoms with van der Waals surface area (Å²) in [4.78, 5) is 23.6. The van der Waals surface area contributed by atoms with Crippen LogP contribution in [-0.4, -0.2) is 55.1 Å². The number of carbonyl (C=O) groups excluding carboxylic acids is 1. The van der Waals surface area contributed by atoms with Crippen molar-refractivity contribution < 1.29 is 39.5 Å². The van der Waals surface area contributed by atoms with Gasteiger partial charge in [0.15, 0.2) is 11.4 Å². The molecule has 1 saturated carbocycles. The van der Waals surface area contributed by atoms with E-state index in [-0.39, 0.29) is 5.75 Å². The second-order valence-electron chi connectivity index (χ2n) is 6.51. The van der Waals surface area contributed by atoms with Gasteiger partial charge in [-0.05, 0) is 36.8 Å². The summed E-state index contributed by atoms with van der Waals surface area (Å²) in [5.41, 5.74) is -1.49. The summed E-state index contributed by atoms with van der Waals surface area (Å²) in [5.74, 6) is -3.61. The second kappa shape index (κ2) is 6.56. The molecule has 1 aliphatic carbocycles. The van der Waals surface area contributed by atoms with Crippen LogP contribution < -0.4 is 0 Å². The van der Waals surface area contributed by atoms with E-state index in [0.717, 1.165) is 6.08 Å². The standard InChI is InChI=1S/C18H18O8/c19-12(11-7-18(25,17(23)24)8-14(21)16(11)22)2-1-9-6-15-10(3-4-26-15)5-13(9)20/h1-6,11,14,16,20-22,25H,7-8H2,(H,23,24)/b2-1+/t11-,14+,16-,18+/m0/s1. The molecule has 0 radical (unpaired) electrons. The molecule has 0 amide bonds. The van der Waals surface area contributed by atoms with Gasteiger partial charge >= 0.3 is 5.97 Å². The summed E-state index contributed by atoms with van der Waals surface area (Å²) in [5, 5.41) is 49.7. The fourth-order valence-corrected chi connectivity index (χ4v) is 3.19. The molecule has 2 aromatic rings. The smallest absolute Gasteiger partial charge is 0.335 e. The van der Waals surface area contributed by atoms with Gasteiger partial charge in [-0.3, -0.25) is 4.79 Å². The summed E-state index contributed by atoms with van der Waals surface area (Å²) >= 11 is 0. The second-order valence-corrected chi connectivity index (χ2v) is 6.51. The molecule has 1 aromatic carbocycles. The number of aliphatic carboxylic acids is 1. The Balaban J connectivity index is 1.84. The molecule has 0 saturated heterocycles. The number of fused-ring (bicyclic) bond motifs is 1. The van der Waals surface area contributed by atoms with Crippen molar-refractivity contribution in [3.8, 4) is 5.75 Å². The third-order valence-corrected chi connectivity index (χ3v) is 4.70. The van der Waals surface area contributed by atoms with E-state index in [2.05, 4.69) is 0 Å². The number of aliphatic hydroxyl groups excluding tert-OH is 2. The molecule has 1 aliphatic rings. The summed E-state index contributed by atoms with van der Waals surface area (Å²) < 4.78 is 5.22. The van der Waals surface area contributed by atoms with Crippen LogP contribution in [0.1, 0.15) is 18.4 Å². The maximum Gasteiger partial charge on any atom is 0.335 e. The summed E-state index contributed by atoms with van der Waals surface area (Å²) in [7, 11) is 0. The molecule has 138 valence electrons. The van der Waals surface area contributed by atoms with E-state index in [4.69, 9.17) is 9.52 Å². The first kappa shape index (κ1) is 18.1. The summed E-state index contributed by atoms with van der Waals surface area (Å²) in [6, 6.07) is 4.65. The number of furan rings is 1. The number of phenolic OH excluding ortho intramolecular Hbond substituents is 1. The normalized spacial score (nSPS) is 29.3. The zero-order valence-electron chi connectivity index (χ0n) is 13.6. The van der Waals surface area contributed by atoms with Crippen molar-refractivity contribution in [2.24, 2.45) is 5.92 Å². The highest BCUT2D eigenvalue weighted by Gasteiger charge is 2.50. The number of ketones is 1. The Labute approximate surface area is 147 Å². The zero-order valence-corrected chi connectivity index (χ0v) is 13.6. The number of carbonyl (C=O) groups is 2. The van der Waals surface area contributed by atoms with E-state index < -0.39 is 48.3 Å². The van der Waals surface area contributed by atoms with Crippen LogP contribution in [0.5, 0.6) is 5.75 Å². The van der Waals surface area contributed by atoms with Gasteiger partial charge in [-0.2, -0.15) is 0 Å². The lowest BCUT2D eigenvalue weighted by atomic mass is 9.73. The van der Waals surface area contributed by atoms with Gasteiger partial charge in [-0.1, -0.05) is 0 Å². The van der Waals surface area contributed by atoms with Crippen LogP contribution >= 0.6 is 0 Å². The van der Waals surface area contributed by atoms with Gasteiger partial charge in [0.1, 0.15) is 11.3 Å². The monoisotopic (exact) mass is 362 g/mol. The minimum atomic E-state index is -2.29. The number of hydrogen-bond acceptors (Lipinski definition) is 7. The third kappa shape index (κ3) is 3.22. The van der Waals surface area contributed by atoms with E-state index in [0.29, 0.717) is 16.5 Å². The molecular weight excluding hydrogens is 344 g/mol. The molecule has 8 nitrogen and oxygen atoms in total. The number of carboxylic acid groups (broad SMARTS) is 1. The summed E-state index contributed by atoms with van der Waals surface area (Å²) in [6.45, 7) is 0. The van der Waals surface area contributed by atoms with Crippen LogP contribution in [-0.2, 0) is 9.59 Å². The first-order chi connectivity index (χ1) is 12.2. The topological polar surface area (TPSA) is 148 Å². The molecule has 0 bridgehead atoms. The Hall–Kier alpha value is -2.68. The number of aliphatic hydroxyl groups is 3. The molecule has 1 fully saturated rings. The van der Waals surface area contributed by atoms with Gasteiger partial charge in [0, 0.05) is 17.4 Å². The molecule has 0 aliphatic heterocycles. The van der Waals surface area contributed by atoms with Crippen molar-refractivity contribution in [1.82, 2.24) is 0 Å². The number of aromatic hydroxyl groups is 1. The van der Waals surface area contributed by atoms with Crippen molar-refractivity contribution >= 4 is 28.8 Å². The molecule has 26 heavy (non-hydrogen) atoms. The van der Waals surface area contributed by atoms with Crippen LogP contribution in [0.3, 0.4) is 0 Å². The fourth-order valence-electron chi connectivity index (χ4n) is 3.19. The largest absolute Gasteiger partial charge is 0.507 e. The Kier molecular flexibility index (Phi) is 4.57. The zero-order chi connectivity index (χ0) is 19.1. The molecule has 0 spiro atoms. The summed E-state index contributed by atoms with van der Waals surface area (Å²) in [6.07, 6.45) is -0.298. The van der Waals surface area contributed by atoms with Crippen LogP contribution in [0.4, 0.5) is 0 Å². The lowest BCUT2D eigenvalue weighted by molar-refractivity contribution is -0.179. The Morgan fingerprint density at radius 2 is 1.96 bits per heavy atom. The number of carboxylic acids is 1. The first-order valence-electron chi connectivity index (χ1n) is 7.95. The maximum atomic E-state index is 12.4. The van der Waals surface area contributed by atoms with E-state index in [1.807, 2.05) is 0 Å². The fraction of sp³-hybridized carbons (Fsp3) is 0.333. The van der Waals surface area contributed by atoms with Gasteiger partial charge in [-0.15, -0.1) is 0 Å². The molecule has 4 atom stereocenters. The predicted octanol–water partition coefficient (Wildman–Crippen LogP) is 0.668. The third-order valence-electron chi connectivity index (χ3n) is 4.70. The van der Waals surface area contributed by atoms with Crippen molar-refractivity contribution in [1.29, 1.82) is 0 Å². The van der Waals surface area contributed by atoms with Crippen molar-refractivity contribution in [2.75, 3.05) is 0 Å². The van der Waals surface area contributed by atoms with Gasteiger partial charge in [-0.25, -0.2) is 4.79 Å². The van der Waals surface area contributed by atoms with Crippen molar-refractivity contribution in [3.63, 3.8) is 0 Å². The Morgan fingerprint density at radius 3 is 2.65 bits per heavy atom. The molecule has 1 heterocycles. The van der Waals surface area contributed by atoms with Gasteiger partial charge in [0.2, 0.25) is 0 Å². The minimum absolute atomic E-state index is 0.0887. The number of benzene rings is 1. The quantitative estimate of drug-likeness (QED) is 0.498. The molecule has 8 heteroatoms. The number of phenols is 1. The molecule has 5 N–H and O–H groups in total. The molecule has 3 rings (SSSR count). The molecule has 0 unspecified atom stereocenters. The predicted molar refractivity (Wildman–Crippen MR) is 89.2 cm³/mol. The van der Waals surface area contributed by atoms with Crippen molar-refractivity contribution in [3.05, 3.63) is 36.1 Å². The van der Waals surface area contributed by atoms with E-state index in [1.165, 1.54) is 24.5 Å². The number of rotatable bonds is 4. The highest BCUT2D eigenvalue weighted by atomic mass is 16.4. The first-order valence-corrected chi connectivity index (χ1v) is 7.95. The van der Waals surface area contributed by atoms with Gasteiger partial charge < -0.3 is 29.9 Å². The molecular formula is C18H18O8.